The lowest BCUT2D eigenvalue weighted by Gasteiger charge is -2.25. The summed E-state index contributed by atoms with van der Waals surface area (Å²) in [5.41, 5.74) is 4.91. The molecule has 10 heteroatoms. The molecule has 3 aromatic rings. The molecule has 1 aromatic heterocycles. The van der Waals surface area contributed by atoms with Crippen LogP contribution in [0.4, 0.5) is 11.4 Å². The maximum atomic E-state index is 13.0. The number of aromatic nitrogens is 1. The van der Waals surface area contributed by atoms with E-state index in [-0.39, 0.29) is 41.9 Å². The Morgan fingerprint density at radius 1 is 1.17 bits per heavy atom. The van der Waals surface area contributed by atoms with Gasteiger partial charge in [-0.05, 0) is 70.5 Å². The van der Waals surface area contributed by atoms with Crippen molar-refractivity contribution in [1.29, 1.82) is 0 Å². The molecule has 2 aromatic carbocycles. The minimum atomic E-state index is -0.481. The maximum absolute atomic E-state index is 13.0. The molecular formula is C26H29N5O5. The van der Waals surface area contributed by atoms with E-state index in [1.165, 1.54) is 17.2 Å². The molecule has 10 nitrogen and oxygen atoms in total. The van der Waals surface area contributed by atoms with Gasteiger partial charge in [-0.1, -0.05) is 37.2 Å². The molecule has 188 valence electrons. The summed E-state index contributed by atoms with van der Waals surface area (Å²) >= 11 is 0. The fourth-order valence-corrected chi connectivity index (χ4v) is 4.51. The second-order valence-electron chi connectivity index (χ2n) is 9.31. The number of rotatable bonds is 9. The van der Waals surface area contributed by atoms with Crippen LogP contribution in [-0.4, -0.2) is 47.8 Å². The van der Waals surface area contributed by atoms with Crippen LogP contribution >= 0.6 is 0 Å². The molecule has 2 heterocycles. The minimum Gasteiger partial charge on any atom is -0.396 e. The lowest BCUT2D eigenvalue weighted by Crippen LogP contribution is -2.26. The first kappa shape index (κ1) is 25.3. The van der Waals surface area contributed by atoms with Crippen molar-refractivity contribution < 1.29 is 14.4 Å². The number of aliphatic hydroxyl groups is 1. The zero-order valence-corrected chi connectivity index (χ0v) is 20.6. The van der Waals surface area contributed by atoms with Gasteiger partial charge < -0.3 is 19.8 Å². The molecule has 1 amide bonds. The molecule has 2 N–H and O–H groups in total. The van der Waals surface area contributed by atoms with Gasteiger partial charge in [-0.25, -0.2) is 0 Å². The zero-order valence-electron chi connectivity index (χ0n) is 20.6. The third-order valence-corrected chi connectivity index (χ3v) is 6.44. The number of benzene rings is 2. The van der Waals surface area contributed by atoms with Crippen molar-refractivity contribution in [2.45, 2.75) is 39.2 Å². The first-order valence-electron chi connectivity index (χ1n) is 11.9. The maximum Gasteiger partial charge on any atom is 0.290 e. The van der Waals surface area contributed by atoms with Crippen LogP contribution in [0, 0.1) is 9.81 Å². The predicted molar refractivity (Wildman–Crippen MR) is 136 cm³/mol. The second kappa shape index (κ2) is 10.9. The molecule has 0 spiro atoms. The quantitative estimate of drug-likeness (QED) is 0.316. The van der Waals surface area contributed by atoms with Crippen LogP contribution in [0.3, 0.4) is 0 Å². The summed E-state index contributed by atoms with van der Waals surface area (Å²) < 4.78 is 5.55. The third kappa shape index (κ3) is 4.95. The van der Waals surface area contributed by atoms with Crippen LogP contribution in [0.1, 0.15) is 53.4 Å². The predicted octanol–water partition coefficient (Wildman–Crippen LogP) is 5.03. The summed E-state index contributed by atoms with van der Waals surface area (Å²) in [6.45, 7) is 5.77. The van der Waals surface area contributed by atoms with Gasteiger partial charge in [0.25, 0.3) is 5.91 Å². The smallest absolute Gasteiger partial charge is 0.290 e. The van der Waals surface area contributed by atoms with Gasteiger partial charge in [-0.3, -0.25) is 4.79 Å². The highest BCUT2D eigenvalue weighted by molar-refractivity contribution is 6.02. The molecule has 0 aliphatic carbocycles. The highest BCUT2D eigenvalue weighted by Crippen LogP contribution is 2.43. The molecule has 1 aliphatic heterocycles. The summed E-state index contributed by atoms with van der Waals surface area (Å²) in [5.74, 6) is -0.545. The van der Waals surface area contributed by atoms with E-state index in [9.17, 15) is 14.6 Å². The largest absolute Gasteiger partial charge is 0.396 e. The number of fused-ring (bicyclic) bond motifs is 1. The Morgan fingerprint density at radius 3 is 2.64 bits per heavy atom. The van der Waals surface area contributed by atoms with E-state index in [2.05, 4.69) is 32.8 Å². The van der Waals surface area contributed by atoms with Gasteiger partial charge >= 0.3 is 0 Å². The lowest BCUT2D eigenvalue weighted by atomic mass is 9.90. The molecule has 0 unspecified atom stereocenters. The van der Waals surface area contributed by atoms with E-state index < -0.39 is 5.91 Å². The average Bonchev–Trinajstić information content (AvgIpc) is 3.32. The Kier molecular flexibility index (Phi) is 7.66. The normalized spacial score (nSPS) is 13.5. The average molecular weight is 492 g/mol. The number of amides is 1. The fraction of sp³-hybridized carbons (Fsp3) is 0.385. The van der Waals surface area contributed by atoms with Crippen LogP contribution in [-0.2, 0) is 13.0 Å². The molecule has 0 fully saturated rings. The Hall–Kier alpha value is -3.76. The van der Waals surface area contributed by atoms with Crippen molar-refractivity contribution >= 4 is 17.3 Å². The van der Waals surface area contributed by atoms with Gasteiger partial charge in [-0.2, -0.15) is 0 Å². The Balaban J connectivity index is 1.91. The summed E-state index contributed by atoms with van der Waals surface area (Å²) in [5, 5.41) is 22.2. The van der Waals surface area contributed by atoms with Crippen LogP contribution in [0.15, 0.2) is 45.2 Å². The van der Waals surface area contributed by atoms with Gasteiger partial charge in [0.2, 0.25) is 5.76 Å². The molecule has 0 radical (unpaired) electrons. The molecule has 0 saturated heterocycles. The number of nitroso groups, excluding NO2 is 2. The van der Waals surface area contributed by atoms with Crippen molar-refractivity contribution in [1.82, 2.24) is 15.4 Å². The summed E-state index contributed by atoms with van der Waals surface area (Å²) in [4.78, 5) is 38.5. The van der Waals surface area contributed by atoms with Gasteiger partial charge in [0, 0.05) is 31.8 Å². The van der Waals surface area contributed by atoms with Crippen molar-refractivity contribution in [3.8, 4) is 22.4 Å². The van der Waals surface area contributed by atoms with E-state index in [1.807, 2.05) is 32.0 Å². The number of carbonyl (C=O) groups is 1. The minimum absolute atomic E-state index is 0.00338. The van der Waals surface area contributed by atoms with Crippen LogP contribution in [0.5, 0.6) is 0 Å². The van der Waals surface area contributed by atoms with Crippen molar-refractivity contribution in [2.24, 2.45) is 10.4 Å². The van der Waals surface area contributed by atoms with E-state index >= 15 is 0 Å². The van der Waals surface area contributed by atoms with Crippen molar-refractivity contribution in [3.63, 3.8) is 0 Å². The Morgan fingerprint density at radius 2 is 1.94 bits per heavy atom. The Bertz CT molecular complexity index is 1300. The van der Waals surface area contributed by atoms with E-state index in [0.29, 0.717) is 23.1 Å². The van der Waals surface area contributed by atoms with Crippen molar-refractivity contribution in [2.75, 3.05) is 26.7 Å². The molecule has 1 aliphatic rings. The number of likely N-dealkylation sites (N-methyl/N-ethyl adjacent to an activating group) is 1. The molecule has 36 heavy (non-hydrogen) atoms. The summed E-state index contributed by atoms with van der Waals surface area (Å²) in [7, 11) is 2.07. The van der Waals surface area contributed by atoms with E-state index in [4.69, 9.17) is 9.63 Å². The standard InChI is InChI=1S/C26H29N5O5/c1-15(2)19-12-20(22(29-35)13-21(19)28-34)24-23(25(36-30-24)26(33)27-8-4-10-32)17-5-6-18-14-31(3)9-7-16(18)11-17/h5-6,11-13,15,32H,4,7-10,14H2,1-3H3,(H,27,33). The number of hydrogen-bond acceptors (Lipinski definition) is 9. The monoisotopic (exact) mass is 491 g/mol. The first-order chi connectivity index (χ1) is 17.4. The van der Waals surface area contributed by atoms with Crippen molar-refractivity contribution in [3.05, 3.63) is 62.6 Å². The Labute approximate surface area is 208 Å². The van der Waals surface area contributed by atoms with Gasteiger partial charge in [0.15, 0.2) is 0 Å². The number of nitrogens with one attached hydrogen (secondary N) is 1. The topological polar surface area (TPSA) is 137 Å². The number of aliphatic hydroxyl groups excluding tert-OH is 1. The SMILES string of the molecule is CC(C)c1cc(-c2noc(C(=O)NCCCO)c2-c2ccc3c(c2)CCN(C)C3)c(N=O)cc1N=O. The van der Waals surface area contributed by atoms with E-state index in [1.54, 1.807) is 6.07 Å². The number of carbonyl (C=O) groups excluding carboxylic acids is 1. The summed E-state index contributed by atoms with van der Waals surface area (Å²) in [6.07, 6.45) is 1.25. The highest BCUT2D eigenvalue weighted by Gasteiger charge is 2.28. The first-order valence-corrected chi connectivity index (χ1v) is 11.9. The van der Waals surface area contributed by atoms with Crippen LogP contribution in [0.2, 0.25) is 0 Å². The zero-order chi connectivity index (χ0) is 25.8. The van der Waals surface area contributed by atoms with Gasteiger partial charge in [0.1, 0.15) is 17.1 Å². The van der Waals surface area contributed by atoms with Gasteiger partial charge in [-0.15, -0.1) is 9.81 Å². The highest BCUT2D eigenvalue weighted by atomic mass is 16.5. The summed E-state index contributed by atoms with van der Waals surface area (Å²) in [6, 6.07) is 8.98. The lowest BCUT2D eigenvalue weighted by molar-refractivity contribution is 0.0915. The van der Waals surface area contributed by atoms with Crippen LogP contribution in [0.25, 0.3) is 22.4 Å². The van der Waals surface area contributed by atoms with E-state index in [0.717, 1.165) is 25.1 Å². The van der Waals surface area contributed by atoms with Crippen LogP contribution < -0.4 is 5.32 Å². The third-order valence-electron chi connectivity index (χ3n) is 6.44. The molecule has 4 rings (SSSR count). The molecule has 0 atom stereocenters. The second-order valence-corrected chi connectivity index (χ2v) is 9.31. The molecular weight excluding hydrogens is 462 g/mol. The molecule has 0 saturated carbocycles. The number of nitrogens with zero attached hydrogens (tertiary/aromatic N) is 4. The number of hydrogen-bond donors (Lipinski definition) is 2. The van der Waals surface area contributed by atoms with Gasteiger partial charge in [0.05, 0.1) is 5.56 Å². The molecule has 0 bridgehead atoms. The fourth-order valence-electron chi connectivity index (χ4n) is 4.51.